The number of benzene rings is 1. The minimum absolute atomic E-state index is 0.754. The third-order valence-corrected chi connectivity index (χ3v) is 1.67. The van der Waals surface area contributed by atoms with E-state index >= 15 is 0 Å². The van der Waals surface area contributed by atoms with Crippen LogP contribution in [-0.4, -0.2) is 6.61 Å². The Labute approximate surface area is 73.3 Å². The average molecular weight is 165 g/mol. The van der Waals surface area contributed by atoms with Gasteiger partial charge in [-0.1, -0.05) is 13.0 Å². The van der Waals surface area contributed by atoms with Crippen LogP contribution in [0, 0.1) is 6.92 Å². The van der Waals surface area contributed by atoms with Crippen molar-refractivity contribution < 1.29 is 4.74 Å². The first-order valence-corrected chi connectivity index (χ1v) is 4.23. The molecule has 12 heavy (non-hydrogen) atoms. The summed E-state index contributed by atoms with van der Waals surface area (Å²) >= 11 is 0. The van der Waals surface area contributed by atoms with Gasteiger partial charge in [-0.3, -0.25) is 0 Å². The lowest BCUT2D eigenvalue weighted by molar-refractivity contribution is 0.315. The first-order chi connectivity index (χ1) is 5.74. The maximum atomic E-state index is 5.62. The fraction of sp³-hybridized carbons (Fsp3) is 0.400. The van der Waals surface area contributed by atoms with Crippen LogP contribution in [0.3, 0.4) is 0 Å². The van der Waals surface area contributed by atoms with Crippen molar-refractivity contribution >= 4 is 5.69 Å². The quantitative estimate of drug-likeness (QED) is 0.698. The zero-order valence-corrected chi connectivity index (χ0v) is 7.63. The van der Waals surface area contributed by atoms with E-state index < -0.39 is 0 Å². The zero-order chi connectivity index (χ0) is 8.97. The molecule has 0 fully saturated rings. The standard InChI is InChI=1S/C10H15NO/c1-3-6-12-10-7-9(11)5-4-8(10)2/h4-5,7H,3,6,11H2,1-2H3. The molecule has 0 spiro atoms. The summed E-state index contributed by atoms with van der Waals surface area (Å²) in [6.07, 6.45) is 1.02. The second kappa shape index (κ2) is 4.00. The van der Waals surface area contributed by atoms with Crippen molar-refractivity contribution in [2.24, 2.45) is 0 Å². The van der Waals surface area contributed by atoms with E-state index in [-0.39, 0.29) is 0 Å². The summed E-state index contributed by atoms with van der Waals surface area (Å²) in [5, 5.41) is 0. The van der Waals surface area contributed by atoms with Crippen molar-refractivity contribution in [1.29, 1.82) is 0 Å². The van der Waals surface area contributed by atoms with E-state index in [0.29, 0.717) is 0 Å². The van der Waals surface area contributed by atoms with Crippen molar-refractivity contribution in [3.8, 4) is 5.75 Å². The van der Waals surface area contributed by atoms with Gasteiger partial charge in [0.2, 0.25) is 0 Å². The van der Waals surface area contributed by atoms with E-state index in [4.69, 9.17) is 10.5 Å². The number of ether oxygens (including phenoxy) is 1. The summed E-state index contributed by atoms with van der Waals surface area (Å²) in [7, 11) is 0. The van der Waals surface area contributed by atoms with Crippen LogP contribution < -0.4 is 10.5 Å². The van der Waals surface area contributed by atoms with Gasteiger partial charge in [0.1, 0.15) is 5.75 Å². The Morgan fingerprint density at radius 1 is 1.42 bits per heavy atom. The highest BCUT2D eigenvalue weighted by molar-refractivity contribution is 5.47. The third-order valence-electron chi connectivity index (χ3n) is 1.67. The maximum absolute atomic E-state index is 5.62. The van der Waals surface area contributed by atoms with Crippen LogP contribution in [0.25, 0.3) is 0 Å². The molecule has 0 saturated heterocycles. The van der Waals surface area contributed by atoms with Crippen LogP contribution in [0.2, 0.25) is 0 Å². The molecule has 2 heteroatoms. The minimum atomic E-state index is 0.754. The third kappa shape index (κ3) is 2.16. The first-order valence-electron chi connectivity index (χ1n) is 4.23. The van der Waals surface area contributed by atoms with Gasteiger partial charge >= 0.3 is 0 Å². The highest BCUT2D eigenvalue weighted by atomic mass is 16.5. The molecule has 0 bridgehead atoms. The van der Waals surface area contributed by atoms with Crippen LogP contribution in [0.1, 0.15) is 18.9 Å². The van der Waals surface area contributed by atoms with Gasteiger partial charge in [-0.15, -0.1) is 0 Å². The molecule has 0 saturated carbocycles. The summed E-state index contributed by atoms with van der Waals surface area (Å²) in [6.45, 7) is 4.86. The Morgan fingerprint density at radius 2 is 2.17 bits per heavy atom. The molecule has 0 aliphatic rings. The molecule has 2 N–H and O–H groups in total. The highest BCUT2D eigenvalue weighted by Gasteiger charge is 1.98. The monoisotopic (exact) mass is 165 g/mol. The fourth-order valence-electron chi connectivity index (χ4n) is 0.984. The van der Waals surface area contributed by atoms with Crippen LogP contribution >= 0.6 is 0 Å². The summed E-state index contributed by atoms with van der Waals surface area (Å²) in [5.41, 5.74) is 7.51. The molecule has 1 aromatic rings. The summed E-state index contributed by atoms with van der Waals surface area (Å²) in [6, 6.07) is 5.72. The SMILES string of the molecule is CCCOc1cc(N)ccc1C. The molecule has 0 aliphatic heterocycles. The van der Waals surface area contributed by atoms with E-state index in [1.807, 2.05) is 25.1 Å². The molecule has 0 heterocycles. The van der Waals surface area contributed by atoms with E-state index in [9.17, 15) is 0 Å². The minimum Gasteiger partial charge on any atom is -0.493 e. The molecule has 1 aromatic carbocycles. The second-order valence-electron chi connectivity index (χ2n) is 2.87. The smallest absolute Gasteiger partial charge is 0.124 e. The van der Waals surface area contributed by atoms with Crippen molar-refractivity contribution in [2.75, 3.05) is 12.3 Å². The van der Waals surface area contributed by atoms with Gasteiger partial charge in [0, 0.05) is 11.8 Å². The molecule has 66 valence electrons. The Bertz CT molecular complexity index is 258. The average Bonchev–Trinajstić information content (AvgIpc) is 2.07. The normalized spacial score (nSPS) is 9.83. The number of hydrogen-bond acceptors (Lipinski definition) is 2. The van der Waals surface area contributed by atoms with E-state index in [2.05, 4.69) is 6.92 Å². The van der Waals surface area contributed by atoms with E-state index in [0.717, 1.165) is 30.0 Å². The van der Waals surface area contributed by atoms with Gasteiger partial charge in [0.05, 0.1) is 6.61 Å². The first kappa shape index (κ1) is 8.91. The Balaban J connectivity index is 2.75. The number of hydrogen-bond donors (Lipinski definition) is 1. The second-order valence-corrected chi connectivity index (χ2v) is 2.87. The van der Waals surface area contributed by atoms with Gasteiger partial charge in [-0.25, -0.2) is 0 Å². The fourth-order valence-corrected chi connectivity index (χ4v) is 0.984. The number of nitrogen functional groups attached to an aromatic ring is 1. The number of aryl methyl sites for hydroxylation is 1. The Morgan fingerprint density at radius 3 is 2.83 bits per heavy atom. The maximum Gasteiger partial charge on any atom is 0.124 e. The lowest BCUT2D eigenvalue weighted by Crippen LogP contribution is -1.97. The molecular weight excluding hydrogens is 150 g/mol. The predicted octanol–water partition coefficient (Wildman–Crippen LogP) is 2.37. The van der Waals surface area contributed by atoms with Gasteiger partial charge in [-0.2, -0.15) is 0 Å². The zero-order valence-electron chi connectivity index (χ0n) is 7.63. The molecule has 0 amide bonds. The van der Waals surface area contributed by atoms with Crippen LogP contribution in [0.5, 0.6) is 5.75 Å². The van der Waals surface area contributed by atoms with Gasteiger partial charge in [0.25, 0.3) is 0 Å². The van der Waals surface area contributed by atoms with Crippen molar-refractivity contribution in [1.82, 2.24) is 0 Å². The summed E-state index contributed by atoms with van der Waals surface area (Å²) in [5.74, 6) is 0.900. The molecule has 0 atom stereocenters. The van der Waals surface area contributed by atoms with Crippen LogP contribution in [0.15, 0.2) is 18.2 Å². The van der Waals surface area contributed by atoms with E-state index in [1.54, 1.807) is 0 Å². The topological polar surface area (TPSA) is 35.2 Å². The molecule has 0 radical (unpaired) electrons. The molecular formula is C10H15NO. The Hall–Kier alpha value is -1.18. The van der Waals surface area contributed by atoms with Crippen molar-refractivity contribution in [2.45, 2.75) is 20.3 Å². The van der Waals surface area contributed by atoms with Crippen molar-refractivity contribution in [3.63, 3.8) is 0 Å². The van der Waals surface area contributed by atoms with Gasteiger partial charge < -0.3 is 10.5 Å². The number of rotatable bonds is 3. The van der Waals surface area contributed by atoms with Gasteiger partial charge in [-0.05, 0) is 25.0 Å². The molecule has 1 rings (SSSR count). The van der Waals surface area contributed by atoms with Crippen LogP contribution in [0.4, 0.5) is 5.69 Å². The molecule has 0 aromatic heterocycles. The number of nitrogens with two attached hydrogens (primary N) is 1. The van der Waals surface area contributed by atoms with Crippen LogP contribution in [-0.2, 0) is 0 Å². The Kier molecular flexibility index (Phi) is 2.97. The largest absolute Gasteiger partial charge is 0.493 e. The molecule has 0 unspecified atom stereocenters. The van der Waals surface area contributed by atoms with E-state index in [1.165, 1.54) is 0 Å². The van der Waals surface area contributed by atoms with Gasteiger partial charge in [0.15, 0.2) is 0 Å². The van der Waals surface area contributed by atoms with Crippen molar-refractivity contribution in [3.05, 3.63) is 23.8 Å². The number of anilines is 1. The molecule has 0 aliphatic carbocycles. The summed E-state index contributed by atoms with van der Waals surface area (Å²) in [4.78, 5) is 0. The summed E-state index contributed by atoms with van der Waals surface area (Å²) < 4.78 is 5.49. The predicted molar refractivity (Wildman–Crippen MR) is 51.4 cm³/mol. The lowest BCUT2D eigenvalue weighted by Gasteiger charge is -2.07. The molecule has 2 nitrogen and oxygen atoms in total. The highest BCUT2D eigenvalue weighted by Crippen LogP contribution is 2.20. The lowest BCUT2D eigenvalue weighted by atomic mass is 10.2.